The van der Waals surface area contributed by atoms with Crippen LogP contribution in [0.1, 0.15) is 36.5 Å². The first kappa shape index (κ1) is 23.2. The van der Waals surface area contributed by atoms with Crippen LogP contribution in [0.2, 0.25) is 0 Å². The standard InChI is InChI=1S/C29H25NO6/c1-3-30(4-2)18-15-13-17(14-16-18)23(24-26(31)19-9-5-7-11-21(19)35-28(24)33)25-27(32)20-10-6-8-12-22(20)36-29(25)34/h5-16,23,31-32H,3-4H2,1-2H3. The first-order valence-corrected chi connectivity index (χ1v) is 11.8. The van der Waals surface area contributed by atoms with E-state index in [1.165, 1.54) is 0 Å². The summed E-state index contributed by atoms with van der Waals surface area (Å²) < 4.78 is 11.0. The molecule has 0 bridgehead atoms. The van der Waals surface area contributed by atoms with Crippen LogP contribution in [0.25, 0.3) is 21.9 Å². The van der Waals surface area contributed by atoms with Gasteiger partial charge in [0.1, 0.15) is 22.7 Å². The molecule has 0 radical (unpaired) electrons. The van der Waals surface area contributed by atoms with Crippen LogP contribution in [-0.2, 0) is 0 Å². The van der Waals surface area contributed by atoms with Crippen molar-refractivity contribution in [2.24, 2.45) is 0 Å². The summed E-state index contributed by atoms with van der Waals surface area (Å²) in [6.07, 6.45) is 0. The molecule has 7 nitrogen and oxygen atoms in total. The number of benzene rings is 3. The molecule has 5 rings (SSSR count). The number of hydrogen-bond donors (Lipinski definition) is 2. The number of fused-ring (bicyclic) bond motifs is 2. The number of rotatable bonds is 6. The summed E-state index contributed by atoms with van der Waals surface area (Å²) in [5.41, 5.74) is -0.00620. The van der Waals surface area contributed by atoms with Crippen LogP contribution in [0.4, 0.5) is 5.69 Å². The minimum Gasteiger partial charge on any atom is -0.507 e. The Bertz CT molecular complexity index is 1580. The largest absolute Gasteiger partial charge is 0.507 e. The number of anilines is 1. The van der Waals surface area contributed by atoms with Crippen molar-refractivity contribution >= 4 is 27.6 Å². The molecule has 7 heteroatoms. The van der Waals surface area contributed by atoms with E-state index >= 15 is 0 Å². The Kier molecular flexibility index (Phi) is 5.98. The zero-order valence-electron chi connectivity index (χ0n) is 19.9. The van der Waals surface area contributed by atoms with Gasteiger partial charge in [-0.15, -0.1) is 0 Å². The molecule has 0 fully saturated rings. The maximum Gasteiger partial charge on any atom is 0.344 e. The van der Waals surface area contributed by atoms with Gasteiger partial charge in [-0.2, -0.15) is 0 Å². The van der Waals surface area contributed by atoms with Crippen LogP contribution in [-0.4, -0.2) is 23.3 Å². The van der Waals surface area contributed by atoms with Crippen LogP contribution in [0.5, 0.6) is 11.5 Å². The lowest BCUT2D eigenvalue weighted by Crippen LogP contribution is -2.23. The molecule has 0 saturated heterocycles. The third-order valence-electron chi connectivity index (χ3n) is 6.57. The van der Waals surface area contributed by atoms with E-state index in [1.807, 2.05) is 12.1 Å². The SMILES string of the molecule is CCN(CC)c1ccc(C(c2c(O)c3ccccc3oc2=O)c2c(O)c3ccccc3oc2=O)cc1. The predicted octanol–water partition coefficient (Wildman–Crippen LogP) is 5.34. The molecule has 182 valence electrons. The molecule has 0 amide bonds. The molecule has 2 heterocycles. The minimum atomic E-state index is -1.14. The van der Waals surface area contributed by atoms with Gasteiger partial charge in [-0.3, -0.25) is 0 Å². The van der Waals surface area contributed by atoms with Gasteiger partial charge in [0.05, 0.1) is 27.8 Å². The Morgan fingerprint density at radius 2 is 1.14 bits per heavy atom. The second-order valence-electron chi connectivity index (χ2n) is 8.49. The molecular weight excluding hydrogens is 458 g/mol. The van der Waals surface area contributed by atoms with Gasteiger partial charge in [0.15, 0.2) is 0 Å². The number of aromatic hydroxyl groups is 2. The van der Waals surface area contributed by atoms with E-state index in [-0.39, 0.29) is 33.8 Å². The number of hydrogen-bond acceptors (Lipinski definition) is 7. The zero-order chi connectivity index (χ0) is 25.4. The maximum atomic E-state index is 13.2. The van der Waals surface area contributed by atoms with Crippen LogP contribution in [0.15, 0.2) is 91.2 Å². The van der Waals surface area contributed by atoms with E-state index in [0.29, 0.717) is 16.3 Å². The summed E-state index contributed by atoms with van der Waals surface area (Å²) in [4.78, 5) is 28.6. The van der Waals surface area contributed by atoms with Gasteiger partial charge < -0.3 is 23.9 Å². The minimum absolute atomic E-state index is 0.151. The molecule has 5 aromatic rings. The molecule has 0 aliphatic heterocycles. The third kappa shape index (κ3) is 3.79. The Labute approximate surface area is 206 Å². The second kappa shape index (κ2) is 9.26. The van der Waals surface area contributed by atoms with Crippen molar-refractivity contribution in [1.82, 2.24) is 0 Å². The molecule has 0 atom stereocenters. The van der Waals surface area contributed by atoms with E-state index in [2.05, 4.69) is 18.7 Å². The maximum absolute atomic E-state index is 13.2. The van der Waals surface area contributed by atoms with Crippen LogP contribution in [0, 0.1) is 0 Å². The zero-order valence-corrected chi connectivity index (χ0v) is 19.9. The number of para-hydroxylation sites is 2. The van der Waals surface area contributed by atoms with Crippen molar-refractivity contribution in [2.75, 3.05) is 18.0 Å². The van der Waals surface area contributed by atoms with Crippen molar-refractivity contribution in [1.29, 1.82) is 0 Å². The van der Waals surface area contributed by atoms with Crippen LogP contribution < -0.4 is 16.2 Å². The normalized spacial score (nSPS) is 11.4. The molecule has 0 aliphatic rings. The highest BCUT2D eigenvalue weighted by atomic mass is 16.4. The fourth-order valence-electron chi connectivity index (χ4n) is 4.75. The molecule has 0 unspecified atom stereocenters. The monoisotopic (exact) mass is 483 g/mol. The lowest BCUT2D eigenvalue weighted by Gasteiger charge is -2.23. The van der Waals surface area contributed by atoms with Crippen molar-refractivity contribution in [3.8, 4) is 11.5 Å². The molecule has 36 heavy (non-hydrogen) atoms. The van der Waals surface area contributed by atoms with Crippen molar-refractivity contribution in [3.63, 3.8) is 0 Å². The van der Waals surface area contributed by atoms with Crippen LogP contribution in [0.3, 0.4) is 0 Å². The average molecular weight is 484 g/mol. The fraction of sp³-hybridized carbons (Fsp3) is 0.172. The molecule has 0 saturated carbocycles. The van der Waals surface area contributed by atoms with Gasteiger partial charge in [0, 0.05) is 18.8 Å². The molecular formula is C29H25NO6. The summed E-state index contributed by atoms with van der Waals surface area (Å²) in [5.74, 6) is -1.77. The van der Waals surface area contributed by atoms with Gasteiger partial charge in [-0.1, -0.05) is 36.4 Å². The van der Waals surface area contributed by atoms with E-state index in [9.17, 15) is 19.8 Å². The summed E-state index contributed by atoms with van der Waals surface area (Å²) in [5, 5.41) is 23.2. The summed E-state index contributed by atoms with van der Waals surface area (Å²) >= 11 is 0. The van der Waals surface area contributed by atoms with E-state index < -0.39 is 17.2 Å². The summed E-state index contributed by atoms with van der Waals surface area (Å²) in [6, 6.07) is 20.5. The molecule has 2 aromatic heterocycles. The lowest BCUT2D eigenvalue weighted by molar-refractivity contribution is 0.441. The van der Waals surface area contributed by atoms with E-state index in [0.717, 1.165) is 18.8 Å². The van der Waals surface area contributed by atoms with Gasteiger partial charge >= 0.3 is 11.3 Å². The highest BCUT2D eigenvalue weighted by Crippen LogP contribution is 2.42. The smallest absolute Gasteiger partial charge is 0.344 e. The Morgan fingerprint density at radius 3 is 1.58 bits per heavy atom. The summed E-state index contributed by atoms with van der Waals surface area (Å²) in [7, 11) is 0. The van der Waals surface area contributed by atoms with Crippen molar-refractivity contribution in [2.45, 2.75) is 19.8 Å². The Balaban J connectivity index is 1.83. The first-order chi connectivity index (χ1) is 17.4. The topological polar surface area (TPSA) is 104 Å². The predicted molar refractivity (Wildman–Crippen MR) is 139 cm³/mol. The van der Waals surface area contributed by atoms with Crippen LogP contribution >= 0.6 is 0 Å². The molecule has 0 aliphatic carbocycles. The highest BCUT2D eigenvalue weighted by molar-refractivity contribution is 5.87. The summed E-state index contributed by atoms with van der Waals surface area (Å²) in [6.45, 7) is 5.72. The molecule has 2 N–H and O–H groups in total. The molecule has 3 aromatic carbocycles. The fourth-order valence-corrected chi connectivity index (χ4v) is 4.75. The van der Waals surface area contributed by atoms with Gasteiger partial charge in [0.2, 0.25) is 0 Å². The third-order valence-corrected chi connectivity index (χ3v) is 6.57. The molecule has 0 spiro atoms. The van der Waals surface area contributed by atoms with Crippen molar-refractivity contribution < 1.29 is 19.0 Å². The number of nitrogens with zero attached hydrogens (tertiary/aromatic N) is 1. The van der Waals surface area contributed by atoms with E-state index in [4.69, 9.17) is 8.83 Å². The Hall–Kier alpha value is -4.52. The highest BCUT2D eigenvalue weighted by Gasteiger charge is 2.32. The van der Waals surface area contributed by atoms with E-state index in [1.54, 1.807) is 60.7 Å². The quantitative estimate of drug-likeness (QED) is 0.314. The van der Waals surface area contributed by atoms with Crippen molar-refractivity contribution in [3.05, 3.63) is 110 Å². The van der Waals surface area contributed by atoms with Gasteiger partial charge in [-0.05, 0) is 55.8 Å². The lowest BCUT2D eigenvalue weighted by atomic mass is 9.84. The van der Waals surface area contributed by atoms with Gasteiger partial charge in [-0.25, -0.2) is 9.59 Å². The van der Waals surface area contributed by atoms with Gasteiger partial charge in [0.25, 0.3) is 0 Å². The Morgan fingerprint density at radius 1 is 0.694 bits per heavy atom. The first-order valence-electron chi connectivity index (χ1n) is 11.8. The second-order valence-corrected chi connectivity index (χ2v) is 8.49. The average Bonchev–Trinajstić information content (AvgIpc) is 2.89.